The van der Waals surface area contributed by atoms with E-state index in [1.165, 1.54) is 0 Å². The maximum absolute atomic E-state index is 12.2. The van der Waals surface area contributed by atoms with Crippen LogP contribution in [0.2, 0.25) is 0 Å². The lowest BCUT2D eigenvalue weighted by Gasteiger charge is -2.23. The fourth-order valence-electron chi connectivity index (χ4n) is 3.74. The van der Waals surface area contributed by atoms with Gasteiger partial charge in [0.05, 0.1) is 25.9 Å². The highest BCUT2D eigenvalue weighted by molar-refractivity contribution is 5.76. The number of hydrogen-bond donors (Lipinski definition) is 2. The molecule has 0 aromatic heterocycles. The zero-order valence-corrected chi connectivity index (χ0v) is 22.6. The molecule has 2 amide bonds. The molecule has 0 spiro atoms. The van der Waals surface area contributed by atoms with E-state index >= 15 is 0 Å². The molecule has 6 heteroatoms. The Balaban J connectivity index is 3.94. The topological polar surface area (TPSA) is 76.7 Å². The van der Waals surface area contributed by atoms with Gasteiger partial charge in [-0.3, -0.25) is 9.59 Å². The van der Waals surface area contributed by atoms with E-state index in [1.807, 2.05) is 20.8 Å². The summed E-state index contributed by atoms with van der Waals surface area (Å²) in [4.78, 5) is 24.2. The second-order valence-electron chi connectivity index (χ2n) is 12.1. The quantitative estimate of drug-likeness (QED) is 0.360. The first-order valence-corrected chi connectivity index (χ1v) is 12.4. The minimum atomic E-state index is -0.0787. The van der Waals surface area contributed by atoms with Crippen LogP contribution in [0.1, 0.15) is 101 Å². The summed E-state index contributed by atoms with van der Waals surface area (Å²) >= 11 is 0. The highest BCUT2D eigenvalue weighted by Gasteiger charge is 2.19. The maximum atomic E-state index is 12.2. The van der Waals surface area contributed by atoms with Crippen LogP contribution in [0.15, 0.2) is 0 Å². The molecule has 2 N–H and O–H groups in total. The molecule has 0 aromatic rings. The van der Waals surface area contributed by atoms with Gasteiger partial charge in [0.1, 0.15) is 0 Å². The number of carbonyl (C=O) groups is 2. The van der Waals surface area contributed by atoms with Gasteiger partial charge < -0.3 is 20.1 Å². The molecule has 0 bridgehead atoms. The van der Waals surface area contributed by atoms with Crippen molar-refractivity contribution in [2.75, 3.05) is 19.8 Å². The van der Waals surface area contributed by atoms with E-state index in [0.717, 1.165) is 19.3 Å². The molecule has 190 valence electrons. The van der Waals surface area contributed by atoms with Crippen LogP contribution in [0.5, 0.6) is 0 Å². The van der Waals surface area contributed by atoms with Crippen molar-refractivity contribution < 1.29 is 19.1 Å². The van der Waals surface area contributed by atoms with E-state index in [2.05, 4.69) is 59.1 Å². The molecule has 0 aliphatic heterocycles. The van der Waals surface area contributed by atoms with Crippen LogP contribution in [-0.2, 0) is 19.1 Å². The number of nitrogens with one attached hydrogen (secondary N) is 2. The smallest absolute Gasteiger partial charge is 0.220 e. The monoisotopic (exact) mass is 456 g/mol. The van der Waals surface area contributed by atoms with Crippen molar-refractivity contribution in [2.45, 2.75) is 120 Å². The SMILES string of the molecule is CC(CC(=O)NC(C)COCC(C)OCC(C)NC(=O)CCCC(C)(C)C)CC(C)(C)C. The Morgan fingerprint density at radius 2 is 1.34 bits per heavy atom. The molecule has 0 aliphatic rings. The van der Waals surface area contributed by atoms with Crippen molar-refractivity contribution >= 4 is 11.8 Å². The molecule has 4 unspecified atom stereocenters. The minimum absolute atomic E-state index is 0.0344. The number of rotatable bonds is 15. The van der Waals surface area contributed by atoms with Crippen LogP contribution >= 0.6 is 0 Å². The molecule has 0 heterocycles. The molecular formula is C26H52N2O4. The standard InChI is InChI=1S/C26H52N2O4/c1-19(15-26(8,9)10)14-24(30)28-20(2)16-31-18-22(4)32-17-21(3)27-23(29)12-11-13-25(5,6)7/h19-22H,11-18H2,1-10H3,(H,27,29)(H,28,30). The Morgan fingerprint density at radius 3 is 1.91 bits per heavy atom. The van der Waals surface area contributed by atoms with Gasteiger partial charge in [0.15, 0.2) is 0 Å². The molecule has 6 nitrogen and oxygen atoms in total. The van der Waals surface area contributed by atoms with Crippen LogP contribution in [-0.4, -0.2) is 49.8 Å². The molecule has 0 aromatic carbocycles. The largest absolute Gasteiger partial charge is 0.377 e. The van der Waals surface area contributed by atoms with Gasteiger partial charge >= 0.3 is 0 Å². The predicted octanol–water partition coefficient (Wildman–Crippen LogP) is 5.10. The van der Waals surface area contributed by atoms with E-state index < -0.39 is 0 Å². The Kier molecular flexibility index (Phi) is 14.4. The Hall–Kier alpha value is -1.14. The fraction of sp³-hybridized carbons (Fsp3) is 0.923. The number of carbonyl (C=O) groups excluding carboxylic acids is 2. The third-order valence-corrected chi connectivity index (χ3v) is 4.99. The number of amides is 2. The molecule has 0 aliphatic carbocycles. The second kappa shape index (κ2) is 14.9. The first-order chi connectivity index (χ1) is 14.6. The summed E-state index contributed by atoms with van der Waals surface area (Å²) in [6.07, 6.45) is 3.98. The average molecular weight is 457 g/mol. The Labute approximate surface area is 198 Å². The molecular weight excluding hydrogens is 404 g/mol. The van der Waals surface area contributed by atoms with Gasteiger partial charge in [-0.25, -0.2) is 0 Å². The van der Waals surface area contributed by atoms with E-state index in [0.29, 0.717) is 38.6 Å². The summed E-state index contributed by atoms with van der Waals surface area (Å²) in [5.74, 6) is 0.516. The molecule has 32 heavy (non-hydrogen) atoms. The van der Waals surface area contributed by atoms with Crippen molar-refractivity contribution in [3.63, 3.8) is 0 Å². The van der Waals surface area contributed by atoms with E-state index in [-0.39, 0.29) is 40.8 Å². The van der Waals surface area contributed by atoms with Crippen LogP contribution in [0, 0.1) is 16.7 Å². The highest BCUT2D eigenvalue weighted by Crippen LogP contribution is 2.25. The van der Waals surface area contributed by atoms with Gasteiger partial charge in [0, 0.05) is 24.9 Å². The molecule has 4 atom stereocenters. The van der Waals surface area contributed by atoms with Gasteiger partial charge in [0.25, 0.3) is 0 Å². The van der Waals surface area contributed by atoms with Gasteiger partial charge in [-0.2, -0.15) is 0 Å². The van der Waals surface area contributed by atoms with Gasteiger partial charge in [-0.05, 0) is 56.8 Å². The van der Waals surface area contributed by atoms with Crippen LogP contribution in [0.3, 0.4) is 0 Å². The van der Waals surface area contributed by atoms with Crippen LogP contribution in [0.25, 0.3) is 0 Å². The average Bonchev–Trinajstić information content (AvgIpc) is 2.56. The van der Waals surface area contributed by atoms with E-state index in [4.69, 9.17) is 9.47 Å². The molecule has 0 fully saturated rings. The predicted molar refractivity (Wildman–Crippen MR) is 133 cm³/mol. The van der Waals surface area contributed by atoms with E-state index in [9.17, 15) is 9.59 Å². The third-order valence-electron chi connectivity index (χ3n) is 4.99. The fourth-order valence-corrected chi connectivity index (χ4v) is 3.74. The van der Waals surface area contributed by atoms with Crippen molar-refractivity contribution in [2.24, 2.45) is 16.7 Å². The van der Waals surface area contributed by atoms with Crippen molar-refractivity contribution in [1.29, 1.82) is 0 Å². The molecule has 0 saturated heterocycles. The first-order valence-electron chi connectivity index (χ1n) is 12.4. The molecule has 0 rings (SSSR count). The summed E-state index contributed by atoms with van der Waals surface area (Å²) in [6.45, 7) is 22.5. The summed E-state index contributed by atoms with van der Waals surface area (Å²) < 4.78 is 11.5. The normalized spacial score (nSPS) is 16.2. The summed E-state index contributed by atoms with van der Waals surface area (Å²) in [5.41, 5.74) is 0.493. The minimum Gasteiger partial charge on any atom is -0.377 e. The molecule has 0 saturated carbocycles. The zero-order valence-electron chi connectivity index (χ0n) is 22.6. The zero-order chi connectivity index (χ0) is 24.9. The lowest BCUT2D eigenvalue weighted by Crippen LogP contribution is -2.38. The number of ether oxygens (including phenoxy) is 2. The third kappa shape index (κ3) is 19.5. The van der Waals surface area contributed by atoms with Crippen molar-refractivity contribution in [3.05, 3.63) is 0 Å². The lowest BCUT2D eigenvalue weighted by molar-refractivity contribution is -0.124. The highest BCUT2D eigenvalue weighted by atomic mass is 16.5. The maximum Gasteiger partial charge on any atom is 0.220 e. The van der Waals surface area contributed by atoms with Gasteiger partial charge in [-0.15, -0.1) is 0 Å². The molecule has 0 radical (unpaired) electrons. The van der Waals surface area contributed by atoms with Gasteiger partial charge in [0.2, 0.25) is 11.8 Å². The Morgan fingerprint density at radius 1 is 0.781 bits per heavy atom. The Bertz CT molecular complexity index is 537. The number of hydrogen-bond acceptors (Lipinski definition) is 4. The summed E-state index contributed by atoms with van der Waals surface area (Å²) in [7, 11) is 0. The van der Waals surface area contributed by atoms with Crippen molar-refractivity contribution in [1.82, 2.24) is 10.6 Å². The lowest BCUT2D eigenvalue weighted by atomic mass is 9.84. The van der Waals surface area contributed by atoms with Gasteiger partial charge in [-0.1, -0.05) is 48.5 Å². The summed E-state index contributed by atoms with van der Waals surface area (Å²) in [6, 6.07) is -0.0734. The first kappa shape index (κ1) is 30.9. The second-order valence-corrected chi connectivity index (χ2v) is 12.1. The summed E-state index contributed by atoms with van der Waals surface area (Å²) in [5, 5.41) is 6.01. The van der Waals surface area contributed by atoms with Crippen LogP contribution in [0.4, 0.5) is 0 Å². The van der Waals surface area contributed by atoms with Crippen LogP contribution < -0.4 is 10.6 Å². The van der Waals surface area contributed by atoms with Crippen molar-refractivity contribution in [3.8, 4) is 0 Å². The van der Waals surface area contributed by atoms with E-state index in [1.54, 1.807) is 0 Å².